The molecular weight excluding hydrogens is 257 g/mol. The fourth-order valence-electron chi connectivity index (χ4n) is 2.16. The Labute approximate surface area is 118 Å². The first-order valence-electron chi connectivity index (χ1n) is 6.83. The molecule has 1 atom stereocenters. The van der Waals surface area contributed by atoms with E-state index in [2.05, 4.69) is 23.9 Å². The van der Waals surface area contributed by atoms with Crippen LogP contribution in [-0.2, 0) is 19.4 Å². The summed E-state index contributed by atoms with van der Waals surface area (Å²) in [5.41, 5.74) is 0.785. The van der Waals surface area contributed by atoms with Crippen LogP contribution >= 0.6 is 0 Å². The number of aliphatic hydroxyl groups is 1. The van der Waals surface area contributed by atoms with Crippen molar-refractivity contribution in [3.63, 3.8) is 0 Å². The van der Waals surface area contributed by atoms with Crippen molar-refractivity contribution in [2.75, 3.05) is 0 Å². The molecular formula is C15H20FN3O. The molecule has 0 fully saturated rings. The highest BCUT2D eigenvalue weighted by Crippen LogP contribution is 2.10. The van der Waals surface area contributed by atoms with E-state index in [4.69, 9.17) is 0 Å². The molecule has 1 heterocycles. The second-order valence-electron chi connectivity index (χ2n) is 5.44. The lowest BCUT2D eigenvalue weighted by atomic mass is 10.1. The zero-order valence-corrected chi connectivity index (χ0v) is 11.8. The van der Waals surface area contributed by atoms with Crippen LogP contribution in [0.5, 0.6) is 0 Å². The molecule has 1 aromatic heterocycles. The number of benzene rings is 1. The van der Waals surface area contributed by atoms with E-state index in [1.807, 2.05) is 10.7 Å². The standard InChI is InChI=1S/C15H20FN3O/c1-11(2)9-19-15(17-10-18-19)8-14(20)7-12-4-3-5-13(16)6-12/h3-6,10-11,14,20H,7-9H2,1-2H3. The number of rotatable bonds is 6. The van der Waals surface area contributed by atoms with Gasteiger partial charge in [0.25, 0.3) is 0 Å². The Morgan fingerprint density at radius 2 is 2.10 bits per heavy atom. The normalized spacial score (nSPS) is 12.8. The van der Waals surface area contributed by atoms with Crippen LogP contribution in [0.15, 0.2) is 30.6 Å². The third-order valence-corrected chi connectivity index (χ3v) is 3.01. The van der Waals surface area contributed by atoms with Crippen molar-refractivity contribution in [2.24, 2.45) is 5.92 Å². The van der Waals surface area contributed by atoms with Crippen molar-refractivity contribution < 1.29 is 9.50 Å². The molecule has 108 valence electrons. The molecule has 0 radical (unpaired) electrons. The minimum absolute atomic E-state index is 0.280. The molecule has 1 unspecified atom stereocenters. The van der Waals surface area contributed by atoms with Crippen LogP contribution in [-0.4, -0.2) is 26.0 Å². The zero-order chi connectivity index (χ0) is 14.5. The quantitative estimate of drug-likeness (QED) is 0.881. The maximum Gasteiger partial charge on any atom is 0.138 e. The van der Waals surface area contributed by atoms with Gasteiger partial charge in [-0.1, -0.05) is 26.0 Å². The maximum absolute atomic E-state index is 13.1. The van der Waals surface area contributed by atoms with Gasteiger partial charge in [-0.2, -0.15) is 5.10 Å². The first-order valence-corrected chi connectivity index (χ1v) is 6.83. The van der Waals surface area contributed by atoms with Crippen molar-refractivity contribution >= 4 is 0 Å². The SMILES string of the molecule is CC(C)Cn1ncnc1CC(O)Cc1cccc(F)c1. The van der Waals surface area contributed by atoms with Gasteiger partial charge in [0.05, 0.1) is 6.10 Å². The predicted octanol–water partition coefficient (Wildman–Crippen LogP) is 2.22. The summed E-state index contributed by atoms with van der Waals surface area (Å²) in [7, 11) is 0. The lowest BCUT2D eigenvalue weighted by Crippen LogP contribution is -2.19. The van der Waals surface area contributed by atoms with Crippen molar-refractivity contribution in [3.05, 3.63) is 47.8 Å². The fraction of sp³-hybridized carbons (Fsp3) is 0.467. The topological polar surface area (TPSA) is 50.9 Å². The van der Waals surface area contributed by atoms with Gasteiger partial charge < -0.3 is 5.11 Å². The van der Waals surface area contributed by atoms with Gasteiger partial charge in [-0.05, 0) is 30.0 Å². The smallest absolute Gasteiger partial charge is 0.138 e. The number of aliphatic hydroxyl groups excluding tert-OH is 1. The Balaban J connectivity index is 1.98. The van der Waals surface area contributed by atoms with Gasteiger partial charge in [0, 0.05) is 13.0 Å². The minimum Gasteiger partial charge on any atom is -0.392 e. The molecule has 5 heteroatoms. The minimum atomic E-state index is -0.591. The first kappa shape index (κ1) is 14.7. The van der Waals surface area contributed by atoms with Gasteiger partial charge >= 0.3 is 0 Å². The predicted molar refractivity (Wildman–Crippen MR) is 74.7 cm³/mol. The van der Waals surface area contributed by atoms with E-state index < -0.39 is 6.10 Å². The van der Waals surface area contributed by atoms with Gasteiger partial charge in [-0.15, -0.1) is 0 Å². The molecule has 0 amide bonds. The van der Waals surface area contributed by atoms with E-state index in [-0.39, 0.29) is 5.82 Å². The highest BCUT2D eigenvalue weighted by molar-refractivity contribution is 5.17. The second kappa shape index (κ2) is 6.61. The van der Waals surface area contributed by atoms with Crippen LogP contribution in [0.2, 0.25) is 0 Å². The van der Waals surface area contributed by atoms with E-state index in [9.17, 15) is 9.50 Å². The van der Waals surface area contributed by atoms with Crippen molar-refractivity contribution in [1.82, 2.24) is 14.8 Å². The van der Waals surface area contributed by atoms with Gasteiger partial charge in [-0.25, -0.2) is 14.1 Å². The molecule has 4 nitrogen and oxygen atoms in total. The lowest BCUT2D eigenvalue weighted by Gasteiger charge is -2.12. The summed E-state index contributed by atoms with van der Waals surface area (Å²) in [5, 5.41) is 14.3. The molecule has 0 saturated carbocycles. The Hall–Kier alpha value is -1.75. The Kier molecular flexibility index (Phi) is 4.84. The largest absolute Gasteiger partial charge is 0.392 e. The third kappa shape index (κ3) is 4.13. The van der Waals surface area contributed by atoms with Crippen molar-refractivity contribution in [2.45, 2.75) is 39.3 Å². The monoisotopic (exact) mass is 277 g/mol. The van der Waals surface area contributed by atoms with Crippen LogP contribution in [0, 0.1) is 11.7 Å². The summed E-state index contributed by atoms with van der Waals surface area (Å²) in [4.78, 5) is 4.19. The van der Waals surface area contributed by atoms with Gasteiger partial charge in [0.2, 0.25) is 0 Å². The average Bonchev–Trinajstić information content (AvgIpc) is 2.75. The van der Waals surface area contributed by atoms with Crippen LogP contribution in [0.25, 0.3) is 0 Å². The molecule has 1 aromatic carbocycles. The van der Waals surface area contributed by atoms with E-state index in [1.165, 1.54) is 18.5 Å². The molecule has 0 aliphatic carbocycles. The molecule has 0 aliphatic heterocycles. The number of aromatic nitrogens is 3. The van der Waals surface area contributed by atoms with E-state index in [0.717, 1.165) is 17.9 Å². The van der Waals surface area contributed by atoms with Crippen LogP contribution in [0.3, 0.4) is 0 Å². The third-order valence-electron chi connectivity index (χ3n) is 3.01. The van der Waals surface area contributed by atoms with Gasteiger partial charge in [0.15, 0.2) is 0 Å². The zero-order valence-electron chi connectivity index (χ0n) is 11.8. The molecule has 0 aliphatic rings. The average molecular weight is 277 g/mol. The van der Waals surface area contributed by atoms with Crippen LogP contribution in [0.4, 0.5) is 4.39 Å². The Morgan fingerprint density at radius 1 is 1.30 bits per heavy atom. The summed E-state index contributed by atoms with van der Waals surface area (Å²) in [5.74, 6) is 0.955. The summed E-state index contributed by atoms with van der Waals surface area (Å²) in [6, 6.07) is 6.31. The summed E-state index contributed by atoms with van der Waals surface area (Å²) in [6.45, 7) is 4.99. The van der Waals surface area contributed by atoms with Crippen molar-refractivity contribution in [3.8, 4) is 0 Å². The van der Waals surface area contributed by atoms with Crippen LogP contribution < -0.4 is 0 Å². The highest BCUT2D eigenvalue weighted by Gasteiger charge is 2.13. The molecule has 0 saturated heterocycles. The first-order chi connectivity index (χ1) is 9.54. The molecule has 0 bridgehead atoms. The molecule has 0 spiro atoms. The van der Waals surface area contributed by atoms with E-state index >= 15 is 0 Å². The number of halogens is 1. The summed E-state index contributed by atoms with van der Waals surface area (Å²) in [6.07, 6.45) is 1.74. The summed E-state index contributed by atoms with van der Waals surface area (Å²) < 4.78 is 14.9. The second-order valence-corrected chi connectivity index (χ2v) is 5.44. The lowest BCUT2D eigenvalue weighted by molar-refractivity contribution is 0.170. The Bertz CT molecular complexity index is 554. The maximum atomic E-state index is 13.1. The van der Waals surface area contributed by atoms with Gasteiger partial charge in [-0.3, -0.25) is 0 Å². The fourth-order valence-corrected chi connectivity index (χ4v) is 2.16. The highest BCUT2D eigenvalue weighted by atomic mass is 19.1. The Morgan fingerprint density at radius 3 is 2.80 bits per heavy atom. The number of hydrogen-bond donors (Lipinski definition) is 1. The molecule has 1 N–H and O–H groups in total. The van der Waals surface area contributed by atoms with Crippen LogP contribution in [0.1, 0.15) is 25.2 Å². The number of hydrogen-bond acceptors (Lipinski definition) is 3. The van der Waals surface area contributed by atoms with E-state index in [1.54, 1.807) is 6.07 Å². The van der Waals surface area contributed by atoms with Crippen molar-refractivity contribution in [1.29, 1.82) is 0 Å². The van der Waals surface area contributed by atoms with E-state index in [0.29, 0.717) is 18.8 Å². The molecule has 2 aromatic rings. The molecule has 2 rings (SSSR count). The number of nitrogens with zero attached hydrogens (tertiary/aromatic N) is 3. The summed E-state index contributed by atoms with van der Waals surface area (Å²) >= 11 is 0. The molecule has 20 heavy (non-hydrogen) atoms. The van der Waals surface area contributed by atoms with Gasteiger partial charge in [0.1, 0.15) is 18.0 Å².